The third-order valence-electron chi connectivity index (χ3n) is 2.79. The Kier molecular flexibility index (Phi) is 3.01. The molecule has 0 aliphatic carbocycles. The molecule has 2 amide bonds. The lowest BCUT2D eigenvalue weighted by Gasteiger charge is -2.26. The zero-order chi connectivity index (χ0) is 11.9. The van der Waals surface area contributed by atoms with Gasteiger partial charge in [-0.15, -0.1) is 0 Å². The van der Waals surface area contributed by atoms with Gasteiger partial charge in [-0.3, -0.25) is 0 Å². The van der Waals surface area contributed by atoms with Crippen molar-refractivity contribution in [3.8, 4) is 0 Å². The molecule has 1 rings (SSSR count). The number of amides is 2. The van der Waals surface area contributed by atoms with Crippen LogP contribution in [-0.4, -0.2) is 35.6 Å². The highest BCUT2D eigenvalue weighted by atomic mass is 16.2. The summed E-state index contributed by atoms with van der Waals surface area (Å²) >= 11 is 0. The van der Waals surface area contributed by atoms with Crippen LogP contribution in [-0.2, 0) is 0 Å². The molecule has 15 heavy (non-hydrogen) atoms. The molecule has 0 aromatic rings. The Hall–Kier alpha value is -0.770. The maximum absolute atomic E-state index is 11.9. The number of carbonyl (C=O) groups excluding carboxylic acids is 1. The van der Waals surface area contributed by atoms with Crippen LogP contribution < -0.4 is 11.1 Å². The van der Waals surface area contributed by atoms with Crippen LogP contribution in [0.15, 0.2) is 0 Å². The molecule has 0 aromatic carbocycles. The molecule has 1 aliphatic rings. The number of urea groups is 1. The molecule has 1 unspecified atom stereocenters. The summed E-state index contributed by atoms with van der Waals surface area (Å²) in [5.74, 6) is 0. The minimum Gasteiger partial charge on any atom is -0.333 e. The van der Waals surface area contributed by atoms with Crippen LogP contribution in [0.4, 0.5) is 4.79 Å². The third-order valence-corrected chi connectivity index (χ3v) is 2.79. The van der Waals surface area contributed by atoms with Gasteiger partial charge >= 0.3 is 6.03 Å². The summed E-state index contributed by atoms with van der Waals surface area (Å²) in [5, 5.41) is 2.95. The van der Waals surface area contributed by atoms with Crippen LogP contribution in [0.2, 0.25) is 0 Å². The largest absolute Gasteiger partial charge is 0.333 e. The first-order valence-corrected chi connectivity index (χ1v) is 5.44. The van der Waals surface area contributed by atoms with Crippen molar-refractivity contribution < 1.29 is 4.79 Å². The predicted molar refractivity (Wildman–Crippen MR) is 61.6 cm³/mol. The summed E-state index contributed by atoms with van der Waals surface area (Å²) in [5.41, 5.74) is 5.82. The molecule has 4 heteroatoms. The van der Waals surface area contributed by atoms with Gasteiger partial charge in [0.2, 0.25) is 0 Å². The second-order valence-corrected chi connectivity index (χ2v) is 6.16. The number of nitrogens with one attached hydrogen (secondary N) is 1. The Morgan fingerprint density at radius 1 is 1.47 bits per heavy atom. The summed E-state index contributed by atoms with van der Waals surface area (Å²) < 4.78 is 0. The van der Waals surface area contributed by atoms with Gasteiger partial charge in [0, 0.05) is 24.7 Å². The fraction of sp³-hybridized carbons (Fsp3) is 0.909. The quantitative estimate of drug-likeness (QED) is 0.634. The fourth-order valence-electron chi connectivity index (χ4n) is 1.71. The molecule has 0 saturated carbocycles. The smallest absolute Gasteiger partial charge is 0.317 e. The predicted octanol–water partition coefficient (Wildman–Crippen LogP) is 1.16. The van der Waals surface area contributed by atoms with Crippen LogP contribution >= 0.6 is 0 Å². The third kappa shape index (κ3) is 3.09. The first-order chi connectivity index (χ1) is 6.62. The average Bonchev–Trinajstić information content (AvgIpc) is 2.23. The summed E-state index contributed by atoms with van der Waals surface area (Å²) in [6.45, 7) is 11.5. The van der Waals surface area contributed by atoms with E-state index < -0.39 is 0 Å². The van der Waals surface area contributed by atoms with Crippen molar-refractivity contribution in [2.45, 2.75) is 46.2 Å². The van der Waals surface area contributed by atoms with E-state index in [-0.39, 0.29) is 23.0 Å². The highest BCUT2D eigenvalue weighted by molar-refractivity contribution is 5.75. The molecule has 1 saturated heterocycles. The van der Waals surface area contributed by atoms with Crippen molar-refractivity contribution in [3.05, 3.63) is 0 Å². The van der Waals surface area contributed by atoms with Crippen molar-refractivity contribution >= 4 is 6.03 Å². The molecule has 1 aliphatic heterocycles. The second-order valence-electron chi connectivity index (χ2n) is 6.16. The molecular formula is C11H23N3O. The van der Waals surface area contributed by atoms with Gasteiger partial charge in [0.25, 0.3) is 0 Å². The number of nitrogens with two attached hydrogens (primary N) is 1. The van der Waals surface area contributed by atoms with E-state index in [4.69, 9.17) is 5.73 Å². The van der Waals surface area contributed by atoms with Gasteiger partial charge in [-0.25, -0.2) is 4.79 Å². The van der Waals surface area contributed by atoms with Crippen molar-refractivity contribution in [1.29, 1.82) is 0 Å². The monoisotopic (exact) mass is 213 g/mol. The molecule has 1 heterocycles. The number of carbonyl (C=O) groups is 1. The van der Waals surface area contributed by atoms with E-state index in [9.17, 15) is 4.79 Å². The normalized spacial score (nSPS) is 25.5. The lowest BCUT2D eigenvalue weighted by molar-refractivity contribution is 0.194. The van der Waals surface area contributed by atoms with Crippen molar-refractivity contribution in [2.75, 3.05) is 13.1 Å². The molecular weight excluding hydrogens is 190 g/mol. The number of hydrogen-bond donors (Lipinski definition) is 2. The summed E-state index contributed by atoms with van der Waals surface area (Å²) in [6.07, 6.45) is 0. The van der Waals surface area contributed by atoms with Gasteiger partial charge in [-0.1, -0.05) is 13.8 Å². The Labute approximate surface area is 92.2 Å². The number of nitrogens with zero attached hydrogens (tertiary/aromatic N) is 1. The van der Waals surface area contributed by atoms with Gasteiger partial charge in [-0.05, 0) is 26.2 Å². The average molecular weight is 213 g/mol. The van der Waals surface area contributed by atoms with Gasteiger partial charge in [0.05, 0.1) is 0 Å². The summed E-state index contributed by atoms with van der Waals surface area (Å²) in [4.78, 5) is 13.7. The summed E-state index contributed by atoms with van der Waals surface area (Å²) in [7, 11) is 0. The van der Waals surface area contributed by atoms with Gasteiger partial charge in [-0.2, -0.15) is 0 Å². The standard InChI is InChI=1S/C11H23N3O/c1-10(2,3)13-9(15)14-6-8(12)11(4,5)7-14/h8H,6-7,12H2,1-5H3,(H,13,15). The minimum atomic E-state index is -0.187. The molecule has 0 aromatic heterocycles. The van der Waals surface area contributed by atoms with E-state index in [0.717, 1.165) is 6.54 Å². The maximum atomic E-state index is 11.9. The highest BCUT2D eigenvalue weighted by Gasteiger charge is 2.39. The fourth-order valence-corrected chi connectivity index (χ4v) is 1.71. The first-order valence-electron chi connectivity index (χ1n) is 5.44. The van der Waals surface area contributed by atoms with Crippen LogP contribution in [0.25, 0.3) is 0 Å². The van der Waals surface area contributed by atoms with E-state index >= 15 is 0 Å². The van der Waals surface area contributed by atoms with Crippen LogP contribution in [0.3, 0.4) is 0 Å². The Morgan fingerprint density at radius 2 is 2.00 bits per heavy atom. The van der Waals surface area contributed by atoms with Crippen molar-refractivity contribution in [3.63, 3.8) is 0 Å². The molecule has 88 valence electrons. The van der Waals surface area contributed by atoms with Gasteiger partial charge in [0.15, 0.2) is 0 Å². The molecule has 1 atom stereocenters. The van der Waals surface area contributed by atoms with E-state index in [0.29, 0.717) is 6.54 Å². The molecule has 3 N–H and O–H groups in total. The van der Waals surface area contributed by atoms with E-state index in [1.165, 1.54) is 0 Å². The Balaban J connectivity index is 2.58. The van der Waals surface area contributed by atoms with Crippen LogP contribution in [0.5, 0.6) is 0 Å². The molecule has 0 spiro atoms. The number of hydrogen-bond acceptors (Lipinski definition) is 2. The Bertz CT molecular complexity index is 255. The number of likely N-dealkylation sites (tertiary alicyclic amines) is 1. The lowest BCUT2D eigenvalue weighted by atomic mass is 9.89. The second kappa shape index (κ2) is 3.67. The van der Waals surface area contributed by atoms with Crippen molar-refractivity contribution in [1.82, 2.24) is 10.2 Å². The zero-order valence-corrected chi connectivity index (χ0v) is 10.4. The van der Waals surface area contributed by atoms with E-state index in [2.05, 4.69) is 19.2 Å². The lowest BCUT2D eigenvalue weighted by Crippen LogP contribution is -2.48. The van der Waals surface area contributed by atoms with Crippen LogP contribution in [0.1, 0.15) is 34.6 Å². The van der Waals surface area contributed by atoms with Gasteiger partial charge < -0.3 is 16.0 Å². The first kappa shape index (κ1) is 12.3. The SMILES string of the molecule is CC(C)(C)NC(=O)N1CC(N)C(C)(C)C1. The highest BCUT2D eigenvalue weighted by Crippen LogP contribution is 2.28. The molecule has 4 nitrogen and oxygen atoms in total. The van der Waals surface area contributed by atoms with Crippen molar-refractivity contribution in [2.24, 2.45) is 11.1 Å². The Morgan fingerprint density at radius 3 is 2.33 bits per heavy atom. The van der Waals surface area contributed by atoms with Crippen LogP contribution in [0, 0.1) is 5.41 Å². The molecule has 0 radical (unpaired) electrons. The minimum absolute atomic E-state index is 0.0106. The van der Waals surface area contributed by atoms with Gasteiger partial charge in [0.1, 0.15) is 0 Å². The molecule has 0 bridgehead atoms. The number of rotatable bonds is 0. The van der Waals surface area contributed by atoms with E-state index in [1.54, 1.807) is 4.90 Å². The topological polar surface area (TPSA) is 58.4 Å². The molecule has 1 fully saturated rings. The summed E-state index contributed by atoms with van der Waals surface area (Å²) in [6, 6.07) is 0.0618. The maximum Gasteiger partial charge on any atom is 0.317 e. The zero-order valence-electron chi connectivity index (χ0n) is 10.4. The van der Waals surface area contributed by atoms with E-state index in [1.807, 2.05) is 20.8 Å².